The van der Waals surface area contributed by atoms with E-state index in [1.807, 2.05) is 41.3 Å². The van der Waals surface area contributed by atoms with Crippen molar-refractivity contribution >= 4 is 57.4 Å². The number of likely N-dealkylation sites (tertiary alicyclic amines) is 1. The van der Waals surface area contributed by atoms with Crippen LogP contribution in [0.3, 0.4) is 0 Å². The number of hydrogen-bond donors (Lipinski definition) is 1. The molecule has 2 saturated heterocycles. The summed E-state index contributed by atoms with van der Waals surface area (Å²) in [6.07, 6.45) is 0. The lowest BCUT2D eigenvalue weighted by Crippen LogP contribution is -2.61. The summed E-state index contributed by atoms with van der Waals surface area (Å²) in [5.74, 6) is -0.852. The molecule has 0 unspecified atom stereocenters. The van der Waals surface area contributed by atoms with Crippen LogP contribution in [0.15, 0.2) is 66.7 Å². The number of amides is 2. The Morgan fingerprint density at radius 1 is 1.13 bits per heavy atom. The Balaban J connectivity index is 1.54. The maximum atomic E-state index is 14.7. The van der Waals surface area contributed by atoms with E-state index in [1.165, 1.54) is 23.9 Å². The van der Waals surface area contributed by atoms with Crippen LogP contribution >= 0.6 is 35.6 Å². The minimum atomic E-state index is -1.48. The molecule has 0 aromatic heterocycles. The predicted octanol–water partition coefficient (Wildman–Crippen LogP) is 5.16. The number of hydrogen-bond acceptors (Lipinski definition) is 6. The molecule has 3 aromatic carbocycles. The number of ether oxygens (including phenoxy) is 1. The highest BCUT2D eigenvalue weighted by Crippen LogP contribution is 2.66. The average Bonchev–Trinajstić information content (AvgIpc) is 3.44. The highest BCUT2D eigenvalue weighted by molar-refractivity contribution is 8.25. The molecule has 6 rings (SSSR count). The number of thiocarbonyl (C=S) groups is 1. The molecule has 6 nitrogen and oxygen atoms in total. The normalized spacial score (nSPS) is 26.5. The Kier molecular flexibility index (Phi) is 6.03. The molecule has 0 saturated carbocycles. The summed E-state index contributed by atoms with van der Waals surface area (Å²) in [6, 6.07) is 18.9. The van der Waals surface area contributed by atoms with Gasteiger partial charge in [-0.3, -0.25) is 19.4 Å². The van der Waals surface area contributed by atoms with Crippen LogP contribution in [0.2, 0.25) is 5.02 Å². The van der Waals surface area contributed by atoms with E-state index in [0.717, 1.165) is 11.1 Å². The number of nitrogens with one attached hydrogen (secondary N) is 1. The van der Waals surface area contributed by atoms with Gasteiger partial charge in [-0.1, -0.05) is 59.8 Å². The van der Waals surface area contributed by atoms with Crippen LogP contribution in [0.1, 0.15) is 22.6 Å². The van der Waals surface area contributed by atoms with Crippen molar-refractivity contribution in [3.63, 3.8) is 0 Å². The highest BCUT2D eigenvalue weighted by Gasteiger charge is 2.77. The van der Waals surface area contributed by atoms with Crippen LogP contribution in [0.25, 0.3) is 0 Å². The van der Waals surface area contributed by atoms with Crippen molar-refractivity contribution in [2.24, 2.45) is 0 Å². The summed E-state index contributed by atoms with van der Waals surface area (Å²) >= 11 is 13.2. The molecule has 3 heterocycles. The summed E-state index contributed by atoms with van der Waals surface area (Å²) in [4.78, 5) is 32.2. The quantitative estimate of drug-likeness (QED) is 0.439. The Morgan fingerprint density at radius 2 is 1.84 bits per heavy atom. The minimum Gasteiger partial charge on any atom is -0.497 e. The largest absolute Gasteiger partial charge is 0.497 e. The van der Waals surface area contributed by atoms with Gasteiger partial charge in [-0.05, 0) is 60.6 Å². The number of carbonyl (C=O) groups is 2. The number of fused-ring (bicyclic) bond motifs is 3. The number of methoxy groups -OCH3 is 1. The van der Waals surface area contributed by atoms with Crippen molar-refractivity contribution in [3.8, 4) is 5.75 Å². The second-order valence-corrected chi connectivity index (χ2v) is 12.0. The van der Waals surface area contributed by atoms with E-state index in [-0.39, 0.29) is 18.4 Å². The van der Waals surface area contributed by atoms with Gasteiger partial charge in [0.15, 0.2) is 5.54 Å². The van der Waals surface area contributed by atoms with Gasteiger partial charge in [0.05, 0.1) is 13.7 Å². The molecule has 38 heavy (non-hydrogen) atoms. The zero-order valence-corrected chi connectivity index (χ0v) is 22.9. The van der Waals surface area contributed by atoms with E-state index in [1.54, 1.807) is 37.3 Å². The lowest BCUT2D eigenvalue weighted by atomic mass is 9.72. The van der Waals surface area contributed by atoms with Gasteiger partial charge in [0, 0.05) is 28.7 Å². The van der Waals surface area contributed by atoms with Crippen molar-refractivity contribution in [1.82, 2.24) is 9.80 Å². The van der Waals surface area contributed by atoms with E-state index < -0.39 is 22.0 Å². The fraction of sp³-hybridized carbons (Fsp3) is 0.250. The molecule has 0 radical (unpaired) electrons. The topological polar surface area (TPSA) is 61.9 Å². The molecule has 194 valence electrons. The standard InChI is InChI=1S/C28H23ClFN3O3S2/c1-32-15-22(17-5-7-18(29)8-6-17)28(27(32)21-13-19(30)9-12-23(21)31-24(27)34)25(35)33(26(37)38-28)14-16-3-10-20(36-2)11-4-16/h3-13,22H,14-15H2,1-2H3,(H,31,34)/t22-,27-,28-/m1/s1. The van der Waals surface area contributed by atoms with Gasteiger partial charge < -0.3 is 10.1 Å². The summed E-state index contributed by atoms with van der Waals surface area (Å²) in [7, 11) is 3.40. The smallest absolute Gasteiger partial charge is 0.251 e. The first-order valence-electron chi connectivity index (χ1n) is 12.0. The van der Waals surface area contributed by atoms with E-state index in [4.69, 9.17) is 28.6 Å². The molecular weight excluding hydrogens is 545 g/mol. The molecule has 10 heteroatoms. The Morgan fingerprint density at radius 3 is 2.53 bits per heavy atom. The van der Waals surface area contributed by atoms with Crippen LogP contribution in [0.4, 0.5) is 10.1 Å². The maximum absolute atomic E-state index is 14.7. The number of rotatable bonds is 4. The third-order valence-corrected chi connectivity index (χ3v) is 10.0. The van der Waals surface area contributed by atoms with Gasteiger partial charge in [-0.25, -0.2) is 4.39 Å². The van der Waals surface area contributed by atoms with Crippen molar-refractivity contribution < 1.29 is 18.7 Å². The third kappa shape index (κ3) is 3.38. The van der Waals surface area contributed by atoms with Crippen LogP contribution in [0.5, 0.6) is 5.75 Å². The maximum Gasteiger partial charge on any atom is 0.251 e. The molecule has 3 aliphatic rings. The fourth-order valence-corrected chi connectivity index (χ4v) is 8.39. The van der Waals surface area contributed by atoms with Gasteiger partial charge in [0.2, 0.25) is 5.91 Å². The third-order valence-electron chi connectivity index (χ3n) is 7.81. The van der Waals surface area contributed by atoms with Gasteiger partial charge in [-0.2, -0.15) is 0 Å². The Hall–Kier alpha value is -2.98. The van der Waals surface area contributed by atoms with Gasteiger partial charge in [0.25, 0.3) is 5.91 Å². The number of carbonyl (C=O) groups excluding carboxylic acids is 2. The lowest BCUT2D eigenvalue weighted by molar-refractivity contribution is -0.138. The van der Waals surface area contributed by atoms with E-state index in [2.05, 4.69) is 5.32 Å². The molecule has 3 aromatic rings. The van der Waals surface area contributed by atoms with Crippen molar-refractivity contribution in [1.29, 1.82) is 0 Å². The monoisotopic (exact) mass is 567 g/mol. The molecule has 2 fully saturated rings. The van der Waals surface area contributed by atoms with Crippen LogP contribution in [0, 0.1) is 5.82 Å². The highest BCUT2D eigenvalue weighted by atomic mass is 35.5. The number of halogens is 2. The first-order valence-corrected chi connectivity index (χ1v) is 13.6. The number of thioether (sulfide) groups is 1. The number of anilines is 1. The van der Waals surface area contributed by atoms with Crippen molar-refractivity contribution in [2.45, 2.75) is 22.7 Å². The summed E-state index contributed by atoms with van der Waals surface area (Å²) in [5, 5.41) is 3.49. The first kappa shape index (κ1) is 25.3. The average molecular weight is 568 g/mol. The SMILES string of the molecule is COc1ccc(CN2C(=O)[C@]3(SC2=S)[C@@H](c2ccc(Cl)cc2)CN(C)[C@]32C(=O)Nc3ccc(F)cc32)cc1. The summed E-state index contributed by atoms with van der Waals surface area (Å²) in [6.45, 7) is 0.615. The van der Waals surface area contributed by atoms with Crippen LogP contribution in [-0.2, 0) is 21.7 Å². The predicted molar refractivity (Wildman–Crippen MR) is 150 cm³/mol. The molecule has 0 aliphatic carbocycles. The van der Waals surface area contributed by atoms with Crippen LogP contribution in [-0.4, -0.2) is 51.4 Å². The van der Waals surface area contributed by atoms with E-state index >= 15 is 0 Å². The first-order chi connectivity index (χ1) is 18.2. The molecule has 1 N–H and O–H groups in total. The molecule has 3 atom stereocenters. The lowest BCUT2D eigenvalue weighted by Gasteiger charge is -2.41. The minimum absolute atomic E-state index is 0.237. The summed E-state index contributed by atoms with van der Waals surface area (Å²) in [5.41, 5.74) is 1.18. The van der Waals surface area contributed by atoms with E-state index in [9.17, 15) is 14.0 Å². The zero-order chi connectivity index (χ0) is 26.8. The second-order valence-electron chi connectivity index (χ2n) is 9.68. The fourth-order valence-electron chi connectivity index (χ4n) is 6.14. The second kappa shape index (κ2) is 9.05. The zero-order valence-electron chi connectivity index (χ0n) is 20.5. The number of likely N-dealkylation sites (N-methyl/N-ethyl adjacent to an activating group) is 1. The molecule has 2 amide bonds. The molecular formula is C28H23ClFN3O3S2. The van der Waals surface area contributed by atoms with Crippen molar-refractivity contribution in [2.75, 3.05) is 26.0 Å². The number of benzene rings is 3. The summed E-state index contributed by atoms with van der Waals surface area (Å²) < 4.78 is 18.9. The van der Waals surface area contributed by atoms with Crippen molar-refractivity contribution in [3.05, 3.63) is 94.3 Å². The number of nitrogens with zero attached hydrogens (tertiary/aromatic N) is 2. The molecule has 0 bridgehead atoms. The van der Waals surface area contributed by atoms with Gasteiger partial charge >= 0.3 is 0 Å². The van der Waals surface area contributed by atoms with Gasteiger partial charge in [-0.15, -0.1) is 0 Å². The van der Waals surface area contributed by atoms with E-state index in [0.29, 0.717) is 32.9 Å². The Labute approximate surface area is 234 Å². The molecule has 3 aliphatic heterocycles. The Bertz CT molecular complexity index is 1490. The van der Waals surface area contributed by atoms with Crippen LogP contribution < -0.4 is 10.1 Å². The van der Waals surface area contributed by atoms with Gasteiger partial charge in [0.1, 0.15) is 20.6 Å². The molecule has 2 spiro atoms.